The molecule has 0 aromatic carbocycles. The number of fused-ring (bicyclic) bond motifs is 1. The number of aromatic nitrogens is 5. The van der Waals surface area contributed by atoms with Gasteiger partial charge in [0.05, 0.1) is 0 Å². The van der Waals surface area contributed by atoms with Crippen molar-refractivity contribution < 1.29 is 4.52 Å². The fourth-order valence-corrected chi connectivity index (χ4v) is 3.38. The molecule has 0 spiro atoms. The van der Waals surface area contributed by atoms with Crippen LogP contribution in [0.15, 0.2) is 15.7 Å². The third-order valence-electron chi connectivity index (χ3n) is 2.54. The fourth-order valence-electron chi connectivity index (χ4n) is 1.57. The Balaban J connectivity index is 1.89. The molecule has 0 aliphatic rings. The van der Waals surface area contributed by atoms with Crippen LogP contribution in [0.25, 0.3) is 15.7 Å². The molecule has 0 fully saturated rings. The number of hydrogen-bond donors (Lipinski definition) is 0. The van der Waals surface area contributed by atoms with E-state index in [2.05, 4.69) is 27.4 Å². The standard InChI is InChI=1S/C11H13N5OS2/c1-3-4-5-18-10-12-13-11-16(10)14-9(19-11)8-6-7(2)17-15-8/h6H,3-5H2,1-2H3. The van der Waals surface area contributed by atoms with Crippen LogP contribution in [0.3, 0.4) is 0 Å². The Labute approximate surface area is 118 Å². The number of nitrogens with zero attached hydrogens (tertiary/aromatic N) is 5. The predicted molar refractivity (Wildman–Crippen MR) is 74.5 cm³/mol. The van der Waals surface area contributed by atoms with Crippen LogP contribution in [0, 0.1) is 6.92 Å². The zero-order valence-electron chi connectivity index (χ0n) is 10.7. The Morgan fingerprint density at radius 2 is 2.32 bits per heavy atom. The summed E-state index contributed by atoms with van der Waals surface area (Å²) in [6, 6.07) is 1.87. The molecule has 3 aromatic rings. The highest BCUT2D eigenvalue weighted by Gasteiger charge is 2.15. The van der Waals surface area contributed by atoms with Crippen LogP contribution in [0.2, 0.25) is 0 Å². The van der Waals surface area contributed by atoms with Crippen molar-refractivity contribution in [3.05, 3.63) is 11.8 Å². The van der Waals surface area contributed by atoms with Gasteiger partial charge < -0.3 is 4.52 Å². The molecule has 100 valence electrons. The quantitative estimate of drug-likeness (QED) is 0.532. The molecule has 0 amide bonds. The lowest BCUT2D eigenvalue weighted by atomic mass is 10.4. The molecule has 3 aromatic heterocycles. The van der Waals surface area contributed by atoms with E-state index in [0.717, 1.165) is 32.3 Å². The Hall–Kier alpha value is -1.41. The Morgan fingerprint density at radius 3 is 3.05 bits per heavy atom. The van der Waals surface area contributed by atoms with E-state index in [4.69, 9.17) is 4.52 Å². The maximum atomic E-state index is 5.07. The highest BCUT2D eigenvalue weighted by atomic mass is 32.2. The van der Waals surface area contributed by atoms with E-state index in [-0.39, 0.29) is 0 Å². The van der Waals surface area contributed by atoms with Gasteiger partial charge in [0.1, 0.15) is 11.5 Å². The van der Waals surface area contributed by atoms with E-state index < -0.39 is 0 Å². The van der Waals surface area contributed by atoms with E-state index in [0.29, 0.717) is 0 Å². The summed E-state index contributed by atoms with van der Waals surface area (Å²) < 4.78 is 6.85. The zero-order chi connectivity index (χ0) is 13.2. The number of hydrogen-bond acceptors (Lipinski definition) is 7. The molecule has 0 saturated carbocycles. The average Bonchev–Trinajstić information content (AvgIpc) is 3.05. The second kappa shape index (κ2) is 5.30. The first-order valence-electron chi connectivity index (χ1n) is 6.06. The number of aryl methyl sites for hydroxylation is 1. The van der Waals surface area contributed by atoms with Gasteiger partial charge in [-0.2, -0.15) is 9.61 Å². The largest absolute Gasteiger partial charge is 0.361 e. The molecule has 0 unspecified atom stereocenters. The van der Waals surface area contributed by atoms with E-state index >= 15 is 0 Å². The minimum atomic E-state index is 0.748. The van der Waals surface area contributed by atoms with Crippen molar-refractivity contribution >= 4 is 28.1 Å². The molecule has 0 aliphatic heterocycles. The number of thioether (sulfide) groups is 1. The maximum absolute atomic E-state index is 5.07. The summed E-state index contributed by atoms with van der Waals surface area (Å²) in [5, 5.41) is 18.4. The van der Waals surface area contributed by atoms with Gasteiger partial charge in [0.25, 0.3) is 0 Å². The third kappa shape index (κ3) is 2.50. The molecular formula is C11H13N5OS2. The van der Waals surface area contributed by atoms with Crippen LogP contribution in [0.5, 0.6) is 0 Å². The summed E-state index contributed by atoms with van der Waals surface area (Å²) >= 11 is 3.15. The van der Waals surface area contributed by atoms with Gasteiger partial charge in [-0.15, -0.1) is 10.2 Å². The second-order valence-corrected chi connectivity index (χ2v) is 6.13. The smallest absolute Gasteiger partial charge is 0.235 e. The van der Waals surface area contributed by atoms with Gasteiger partial charge in [0.2, 0.25) is 10.1 Å². The fraction of sp³-hybridized carbons (Fsp3) is 0.455. The van der Waals surface area contributed by atoms with Crippen molar-refractivity contribution in [3.8, 4) is 10.7 Å². The van der Waals surface area contributed by atoms with Crippen molar-refractivity contribution in [2.45, 2.75) is 31.8 Å². The molecule has 0 aliphatic carbocycles. The van der Waals surface area contributed by atoms with Crippen LogP contribution >= 0.6 is 23.1 Å². The lowest BCUT2D eigenvalue weighted by molar-refractivity contribution is 0.399. The molecule has 8 heteroatoms. The highest BCUT2D eigenvalue weighted by molar-refractivity contribution is 7.99. The summed E-state index contributed by atoms with van der Waals surface area (Å²) in [5.41, 5.74) is 0.748. The maximum Gasteiger partial charge on any atom is 0.235 e. The van der Waals surface area contributed by atoms with E-state index in [1.165, 1.54) is 24.2 Å². The minimum absolute atomic E-state index is 0.748. The summed E-state index contributed by atoms with van der Waals surface area (Å²) in [4.78, 5) is 0.787. The van der Waals surface area contributed by atoms with Crippen LogP contribution in [0.4, 0.5) is 0 Å². The lowest BCUT2D eigenvalue weighted by Crippen LogP contribution is -1.90. The van der Waals surface area contributed by atoms with Crippen LogP contribution in [0.1, 0.15) is 25.5 Å². The van der Waals surface area contributed by atoms with E-state index in [9.17, 15) is 0 Å². The molecule has 0 bridgehead atoms. The minimum Gasteiger partial charge on any atom is -0.361 e. The normalized spacial score (nSPS) is 11.5. The zero-order valence-corrected chi connectivity index (χ0v) is 12.3. The molecule has 0 atom stereocenters. The average molecular weight is 295 g/mol. The van der Waals surface area contributed by atoms with Crippen LogP contribution in [-0.4, -0.2) is 30.7 Å². The number of unbranched alkanes of at least 4 members (excludes halogenated alkanes) is 1. The van der Waals surface area contributed by atoms with Crippen molar-refractivity contribution in [1.29, 1.82) is 0 Å². The summed E-state index contributed by atoms with van der Waals surface area (Å²) in [6.07, 6.45) is 2.34. The van der Waals surface area contributed by atoms with Gasteiger partial charge in [0.15, 0.2) is 5.01 Å². The Morgan fingerprint density at radius 1 is 1.42 bits per heavy atom. The molecule has 3 heterocycles. The van der Waals surface area contributed by atoms with E-state index in [1.807, 2.05) is 13.0 Å². The highest BCUT2D eigenvalue weighted by Crippen LogP contribution is 2.27. The molecule has 6 nitrogen and oxygen atoms in total. The second-order valence-electron chi connectivity index (χ2n) is 4.11. The van der Waals surface area contributed by atoms with Gasteiger partial charge in [-0.05, 0) is 13.3 Å². The summed E-state index contributed by atoms with van der Waals surface area (Å²) in [6.45, 7) is 4.04. The SMILES string of the molecule is CCCCSc1nnc2sc(-c3cc(C)on3)nn12. The molecule has 0 N–H and O–H groups in total. The van der Waals surface area contributed by atoms with Gasteiger partial charge >= 0.3 is 0 Å². The third-order valence-corrected chi connectivity index (χ3v) is 4.47. The van der Waals surface area contributed by atoms with Crippen molar-refractivity contribution in [3.63, 3.8) is 0 Å². The van der Waals surface area contributed by atoms with Crippen LogP contribution in [-0.2, 0) is 0 Å². The summed E-state index contributed by atoms with van der Waals surface area (Å²) in [5.74, 6) is 1.81. The van der Waals surface area contributed by atoms with Gasteiger partial charge in [-0.1, -0.05) is 41.6 Å². The Bertz CT molecular complexity index is 686. The van der Waals surface area contributed by atoms with Crippen molar-refractivity contribution in [2.75, 3.05) is 5.75 Å². The summed E-state index contributed by atoms with van der Waals surface area (Å²) in [7, 11) is 0. The van der Waals surface area contributed by atoms with Crippen LogP contribution < -0.4 is 0 Å². The van der Waals surface area contributed by atoms with Gasteiger partial charge in [0, 0.05) is 11.8 Å². The molecule has 3 rings (SSSR count). The lowest BCUT2D eigenvalue weighted by Gasteiger charge is -1.94. The molecular weight excluding hydrogens is 282 g/mol. The first-order valence-corrected chi connectivity index (χ1v) is 7.87. The topological polar surface area (TPSA) is 69.1 Å². The first-order chi connectivity index (χ1) is 9.28. The van der Waals surface area contributed by atoms with Gasteiger partial charge in [-0.3, -0.25) is 0 Å². The molecule has 0 saturated heterocycles. The predicted octanol–water partition coefficient (Wildman–Crippen LogP) is 3.04. The molecule has 19 heavy (non-hydrogen) atoms. The van der Waals surface area contributed by atoms with Gasteiger partial charge in [-0.25, -0.2) is 0 Å². The number of rotatable bonds is 5. The first kappa shape index (κ1) is 12.6. The van der Waals surface area contributed by atoms with Crippen molar-refractivity contribution in [2.24, 2.45) is 0 Å². The van der Waals surface area contributed by atoms with Crippen molar-refractivity contribution in [1.82, 2.24) is 25.0 Å². The molecule has 0 radical (unpaired) electrons. The van der Waals surface area contributed by atoms with E-state index in [1.54, 1.807) is 16.3 Å². The monoisotopic (exact) mass is 295 g/mol. The Kier molecular flexibility index (Phi) is 3.52.